The van der Waals surface area contributed by atoms with E-state index >= 15 is 0 Å². The molecule has 5 rings (SSSR count). The Morgan fingerprint density at radius 2 is 1.85 bits per heavy atom. The van der Waals surface area contributed by atoms with E-state index in [1.54, 1.807) is 24.3 Å². The van der Waals surface area contributed by atoms with Gasteiger partial charge in [0.1, 0.15) is 11.6 Å². The number of anilines is 2. The number of alkyl halides is 2. The average Bonchev–Trinajstić information content (AvgIpc) is 3.35. The summed E-state index contributed by atoms with van der Waals surface area (Å²) in [6.07, 6.45) is 1.52. The first-order valence-electron chi connectivity index (χ1n) is 14.8. The zero-order chi connectivity index (χ0) is 29.1. The van der Waals surface area contributed by atoms with Crippen LogP contribution >= 0.6 is 0 Å². The normalized spacial score (nSPS) is 22.2. The number of rotatable bonds is 10. The Morgan fingerprint density at radius 1 is 1.12 bits per heavy atom. The van der Waals surface area contributed by atoms with E-state index < -0.39 is 12.0 Å². The summed E-state index contributed by atoms with van der Waals surface area (Å²) in [6.45, 7) is 12.1. The highest BCUT2D eigenvalue weighted by Crippen LogP contribution is 2.31. The van der Waals surface area contributed by atoms with E-state index in [0.29, 0.717) is 73.4 Å². The molecule has 0 amide bonds. The summed E-state index contributed by atoms with van der Waals surface area (Å²) < 4.78 is 35.4. The van der Waals surface area contributed by atoms with Crippen LogP contribution in [0.2, 0.25) is 0 Å². The van der Waals surface area contributed by atoms with Crippen molar-refractivity contribution in [3.05, 3.63) is 36.2 Å². The second-order valence-electron chi connectivity index (χ2n) is 12.1. The molecule has 0 unspecified atom stereocenters. The van der Waals surface area contributed by atoms with E-state index in [1.807, 2.05) is 19.9 Å². The minimum atomic E-state index is -2.76. The van der Waals surface area contributed by atoms with Crippen molar-refractivity contribution in [2.45, 2.75) is 77.5 Å². The largest absolute Gasteiger partial charge is 0.389 e. The fraction of sp³-hybridized carbons (Fsp3) is 0.633. The van der Waals surface area contributed by atoms with Gasteiger partial charge in [0.25, 0.3) is 6.43 Å². The van der Waals surface area contributed by atoms with Crippen molar-refractivity contribution in [2.24, 2.45) is 5.92 Å². The predicted octanol–water partition coefficient (Wildman–Crippen LogP) is 5.04. The lowest BCUT2D eigenvalue weighted by Crippen LogP contribution is -2.46. The maximum Gasteiger partial charge on any atom is 0.296 e. The number of aromatic nitrogens is 4. The second-order valence-corrected chi connectivity index (χ2v) is 12.1. The Labute approximate surface area is 240 Å². The van der Waals surface area contributed by atoms with Gasteiger partial charge in [-0.3, -0.25) is 9.47 Å². The zero-order valence-corrected chi connectivity index (χ0v) is 24.6. The number of morpholine rings is 1. The Kier molecular flexibility index (Phi) is 9.06. The maximum absolute atomic E-state index is 14.2. The lowest BCUT2D eigenvalue weighted by atomic mass is 9.85. The van der Waals surface area contributed by atoms with Crippen molar-refractivity contribution in [3.63, 3.8) is 0 Å². The van der Waals surface area contributed by atoms with Crippen LogP contribution in [0.15, 0.2) is 30.3 Å². The van der Waals surface area contributed by atoms with E-state index in [2.05, 4.69) is 33.9 Å². The third kappa shape index (κ3) is 6.95. The van der Waals surface area contributed by atoms with Crippen molar-refractivity contribution in [1.29, 1.82) is 0 Å². The standard InChI is InChI=1S/C30H43F2N7O2/c1-5-37(19-30(3,4)40)22-12-10-21(11-13-22)17-33-29-35-25(38-14-15-41-18-20(38)2)16-26(36-29)39-24-9-7-6-8-23(24)34-28(39)27(31)32/h6-9,16,20-22,27,40H,5,10-15,17-19H2,1-4H3,(H,33,35,36)/t20-,21?,22?/m0/s1. The Morgan fingerprint density at radius 3 is 2.54 bits per heavy atom. The van der Waals surface area contributed by atoms with Crippen LogP contribution in [-0.2, 0) is 4.74 Å². The fourth-order valence-electron chi connectivity index (χ4n) is 6.21. The van der Waals surface area contributed by atoms with Gasteiger partial charge in [-0.05, 0) is 71.0 Å². The molecule has 3 heterocycles. The Balaban J connectivity index is 1.38. The van der Waals surface area contributed by atoms with Gasteiger partial charge in [-0.25, -0.2) is 13.8 Å². The summed E-state index contributed by atoms with van der Waals surface area (Å²) >= 11 is 0. The molecule has 0 bridgehead atoms. The highest BCUT2D eigenvalue weighted by atomic mass is 19.3. The molecule has 1 aliphatic carbocycles. The monoisotopic (exact) mass is 571 g/mol. The summed E-state index contributed by atoms with van der Waals surface area (Å²) in [5.74, 6) is 1.60. The second kappa shape index (κ2) is 12.5. The van der Waals surface area contributed by atoms with Crippen LogP contribution < -0.4 is 10.2 Å². The van der Waals surface area contributed by atoms with Crippen molar-refractivity contribution < 1.29 is 18.6 Å². The fourth-order valence-corrected chi connectivity index (χ4v) is 6.21. The van der Waals surface area contributed by atoms with Gasteiger partial charge in [-0.2, -0.15) is 9.97 Å². The van der Waals surface area contributed by atoms with Crippen LogP contribution in [0.1, 0.15) is 65.6 Å². The lowest BCUT2D eigenvalue weighted by molar-refractivity contribution is 0.0134. The average molecular weight is 572 g/mol. The molecule has 2 N–H and O–H groups in total. The topological polar surface area (TPSA) is 91.6 Å². The number of ether oxygens (including phenoxy) is 1. The van der Waals surface area contributed by atoms with Gasteiger partial charge in [0, 0.05) is 31.7 Å². The van der Waals surface area contributed by atoms with Crippen molar-refractivity contribution in [3.8, 4) is 5.82 Å². The minimum Gasteiger partial charge on any atom is -0.389 e. The first-order valence-corrected chi connectivity index (χ1v) is 14.8. The van der Waals surface area contributed by atoms with Gasteiger partial charge in [0.2, 0.25) is 5.95 Å². The van der Waals surface area contributed by atoms with E-state index in [4.69, 9.17) is 14.7 Å². The summed E-state index contributed by atoms with van der Waals surface area (Å²) in [7, 11) is 0. The van der Waals surface area contributed by atoms with Gasteiger partial charge in [-0.1, -0.05) is 19.1 Å². The molecule has 2 fully saturated rings. The molecule has 224 valence electrons. The van der Waals surface area contributed by atoms with Crippen molar-refractivity contribution in [2.75, 3.05) is 49.6 Å². The number of aliphatic hydroxyl groups is 1. The number of nitrogens with zero attached hydrogens (tertiary/aromatic N) is 6. The number of benzene rings is 1. The van der Waals surface area contributed by atoms with Crippen molar-refractivity contribution in [1.82, 2.24) is 24.4 Å². The van der Waals surface area contributed by atoms with E-state index in [9.17, 15) is 13.9 Å². The number of hydrogen-bond donors (Lipinski definition) is 2. The quantitative estimate of drug-likeness (QED) is 0.350. The molecule has 1 atom stereocenters. The van der Waals surface area contributed by atoms with E-state index in [0.717, 1.165) is 32.2 Å². The minimum absolute atomic E-state index is 0.0918. The molecule has 1 aliphatic heterocycles. The molecule has 3 aromatic rings. The van der Waals surface area contributed by atoms with E-state index in [-0.39, 0.29) is 11.9 Å². The molecule has 1 aromatic carbocycles. The third-order valence-electron chi connectivity index (χ3n) is 8.25. The molecule has 1 saturated heterocycles. The zero-order valence-electron chi connectivity index (χ0n) is 24.6. The van der Waals surface area contributed by atoms with Crippen LogP contribution in [0.25, 0.3) is 16.9 Å². The van der Waals surface area contributed by atoms with Crippen molar-refractivity contribution >= 4 is 22.8 Å². The molecule has 0 radical (unpaired) electrons. The number of imidazole rings is 1. The van der Waals surface area contributed by atoms with Crippen LogP contribution in [0.5, 0.6) is 0 Å². The lowest BCUT2D eigenvalue weighted by Gasteiger charge is -2.39. The van der Waals surface area contributed by atoms with Gasteiger partial charge in [0.15, 0.2) is 5.82 Å². The van der Waals surface area contributed by atoms with Crippen LogP contribution in [-0.4, -0.2) is 86.6 Å². The number of nitrogens with one attached hydrogen (secondary N) is 1. The summed E-state index contributed by atoms with van der Waals surface area (Å²) in [5, 5.41) is 13.8. The molecule has 2 aromatic heterocycles. The van der Waals surface area contributed by atoms with Gasteiger partial charge in [-0.15, -0.1) is 0 Å². The van der Waals surface area contributed by atoms with E-state index in [1.165, 1.54) is 4.57 Å². The number of fused-ring (bicyclic) bond motifs is 1. The Hall–Kier alpha value is -2.89. The molecule has 11 heteroatoms. The molecule has 2 aliphatic rings. The molecule has 0 spiro atoms. The summed E-state index contributed by atoms with van der Waals surface area (Å²) in [4.78, 5) is 18.3. The molecule has 41 heavy (non-hydrogen) atoms. The first kappa shape index (κ1) is 29.6. The van der Waals surface area contributed by atoms with Gasteiger partial charge < -0.3 is 20.1 Å². The van der Waals surface area contributed by atoms with Crippen LogP contribution in [0.3, 0.4) is 0 Å². The number of hydrogen-bond acceptors (Lipinski definition) is 8. The smallest absolute Gasteiger partial charge is 0.296 e. The molecule has 9 nitrogen and oxygen atoms in total. The summed E-state index contributed by atoms with van der Waals surface area (Å²) in [6, 6.07) is 9.48. The highest BCUT2D eigenvalue weighted by Gasteiger charge is 2.29. The van der Waals surface area contributed by atoms with Gasteiger partial charge in [0.05, 0.1) is 35.9 Å². The highest BCUT2D eigenvalue weighted by molar-refractivity contribution is 5.78. The van der Waals surface area contributed by atoms with Gasteiger partial charge >= 0.3 is 0 Å². The summed E-state index contributed by atoms with van der Waals surface area (Å²) in [5.41, 5.74) is 0.370. The van der Waals surface area contributed by atoms with Crippen LogP contribution in [0, 0.1) is 5.92 Å². The third-order valence-corrected chi connectivity index (χ3v) is 8.25. The molecule has 1 saturated carbocycles. The maximum atomic E-state index is 14.2. The molecular weight excluding hydrogens is 528 g/mol. The number of halogens is 2. The van der Waals surface area contributed by atoms with Crippen LogP contribution in [0.4, 0.5) is 20.5 Å². The SMILES string of the molecule is CCN(CC(C)(C)O)C1CCC(CNc2nc(N3CCOC[C@@H]3C)cc(-n3c(C(F)F)nc4ccccc43)n2)CC1. The predicted molar refractivity (Wildman–Crippen MR) is 157 cm³/mol. The Bertz CT molecular complexity index is 1300. The first-order chi connectivity index (χ1) is 19.6. The number of para-hydroxylation sites is 2. The molecular formula is C30H43F2N7O2. The number of likely N-dealkylation sites (N-methyl/N-ethyl adjacent to an activating group) is 1.